The fourth-order valence-corrected chi connectivity index (χ4v) is 3.21. The average Bonchev–Trinajstić information content (AvgIpc) is 3.03. The lowest BCUT2D eigenvalue weighted by molar-refractivity contribution is 0.386. The zero-order chi connectivity index (χ0) is 17.3. The number of methoxy groups -OCH3 is 1. The van der Waals surface area contributed by atoms with Crippen molar-refractivity contribution in [1.29, 1.82) is 0 Å². The van der Waals surface area contributed by atoms with E-state index in [0.29, 0.717) is 22.4 Å². The van der Waals surface area contributed by atoms with Gasteiger partial charge in [-0.15, -0.1) is 0 Å². The van der Waals surface area contributed by atoms with Crippen LogP contribution in [0, 0.1) is 5.82 Å². The number of nitrogens with one attached hydrogen (secondary N) is 1. The summed E-state index contributed by atoms with van der Waals surface area (Å²) in [6.45, 7) is 0. The van der Waals surface area contributed by atoms with E-state index in [0.717, 1.165) is 0 Å². The number of rotatable bonds is 4. The van der Waals surface area contributed by atoms with E-state index in [1.54, 1.807) is 24.3 Å². The minimum absolute atomic E-state index is 0.0375. The molecule has 0 saturated carbocycles. The predicted octanol–water partition coefficient (Wildman–Crippen LogP) is 2.54. The highest BCUT2D eigenvalue weighted by Gasteiger charge is 2.19. The van der Waals surface area contributed by atoms with Crippen LogP contribution in [0.3, 0.4) is 0 Å². The molecule has 24 heavy (non-hydrogen) atoms. The lowest BCUT2D eigenvalue weighted by atomic mass is 10.0. The van der Waals surface area contributed by atoms with Gasteiger partial charge in [-0.2, -0.15) is 5.10 Å². The Balaban J connectivity index is 2.18. The van der Waals surface area contributed by atoms with Crippen molar-refractivity contribution in [2.24, 2.45) is 5.14 Å². The van der Waals surface area contributed by atoms with Gasteiger partial charge in [0.05, 0.1) is 23.9 Å². The molecule has 3 aromatic rings. The van der Waals surface area contributed by atoms with E-state index < -0.39 is 15.8 Å². The summed E-state index contributed by atoms with van der Waals surface area (Å²) < 4.78 is 42.5. The third-order valence-electron chi connectivity index (χ3n) is 3.57. The van der Waals surface area contributed by atoms with Gasteiger partial charge in [0.1, 0.15) is 0 Å². The Hall–Kier alpha value is -2.71. The first-order chi connectivity index (χ1) is 11.4. The Kier molecular flexibility index (Phi) is 4.08. The number of hydrogen-bond donors (Lipinski definition) is 2. The first-order valence-electron chi connectivity index (χ1n) is 6.91. The van der Waals surface area contributed by atoms with E-state index in [2.05, 4.69) is 10.2 Å². The SMILES string of the molecule is COc1ccc(-c2cn[nH]c2-c2ccccc2S(N)(=O)=O)cc1F. The van der Waals surface area contributed by atoms with Crippen molar-refractivity contribution < 1.29 is 17.5 Å². The molecule has 124 valence electrons. The summed E-state index contributed by atoms with van der Waals surface area (Å²) in [6.07, 6.45) is 1.50. The van der Waals surface area contributed by atoms with Gasteiger partial charge in [-0.3, -0.25) is 5.10 Å². The first-order valence-corrected chi connectivity index (χ1v) is 8.46. The molecule has 0 saturated heterocycles. The number of nitrogens with zero attached hydrogens (tertiary/aromatic N) is 1. The molecule has 0 bridgehead atoms. The number of aromatic amines is 1. The number of H-pyrrole nitrogens is 1. The van der Waals surface area contributed by atoms with Gasteiger partial charge in [-0.05, 0) is 23.8 Å². The lowest BCUT2D eigenvalue weighted by Crippen LogP contribution is -2.13. The summed E-state index contributed by atoms with van der Waals surface area (Å²) in [5.74, 6) is -0.407. The van der Waals surface area contributed by atoms with Gasteiger partial charge in [0.2, 0.25) is 10.0 Å². The summed E-state index contributed by atoms with van der Waals surface area (Å²) in [7, 11) is -2.54. The molecule has 3 N–H and O–H groups in total. The zero-order valence-electron chi connectivity index (χ0n) is 12.7. The number of primary sulfonamides is 1. The van der Waals surface area contributed by atoms with Crippen LogP contribution in [0.2, 0.25) is 0 Å². The number of aromatic nitrogens is 2. The monoisotopic (exact) mass is 347 g/mol. The smallest absolute Gasteiger partial charge is 0.238 e. The van der Waals surface area contributed by atoms with Crippen molar-refractivity contribution >= 4 is 10.0 Å². The number of benzene rings is 2. The predicted molar refractivity (Wildman–Crippen MR) is 87.3 cm³/mol. The van der Waals surface area contributed by atoms with Crippen LogP contribution in [0.25, 0.3) is 22.4 Å². The standard InChI is InChI=1S/C16H14FN3O3S/c1-23-14-7-6-10(8-13(14)17)12-9-19-20-16(12)11-4-2-3-5-15(11)24(18,21)22/h2-9H,1H3,(H,19,20)(H2,18,21,22). The van der Waals surface area contributed by atoms with E-state index in [4.69, 9.17) is 9.88 Å². The summed E-state index contributed by atoms with van der Waals surface area (Å²) in [5.41, 5.74) is 1.88. The first kappa shape index (κ1) is 16.2. The van der Waals surface area contributed by atoms with Gasteiger partial charge in [-0.1, -0.05) is 24.3 Å². The molecule has 0 unspecified atom stereocenters. The van der Waals surface area contributed by atoms with Gasteiger partial charge in [0.25, 0.3) is 0 Å². The summed E-state index contributed by atoms with van der Waals surface area (Å²) >= 11 is 0. The molecule has 0 fully saturated rings. The van der Waals surface area contributed by atoms with E-state index in [1.165, 1.54) is 31.5 Å². The Labute approximate surface area is 138 Å². The van der Waals surface area contributed by atoms with E-state index in [-0.39, 0.29) is 10.6 Å². The van der Waals surface area contributed by atoms with Crippen LogP contribution in [0.15, 0.2) is 53.6 Å². The summed E-state index contributed by atoms with van der Waals surface area (Å²) in [4.78, 5) is -0.0375. The van der Waals surface area contributed by atoms with Crippen molar-refractivity contribution in [3.05, 3.63) is 54.5 Å². The van der Waals surface area contributed by atoms with Crippen molar-refractivity contribution in [2.75, 3.05) is 7.11 Å². The number of halogens is 1. The Bertz CT molecular complexity index is 999. The maximum absolute atomic E-state index is 14.0. The Morgan fingerprint density at radius 3 is 2.58 bits per heavy atom. The molecule has 1 heterocycles. The molecule has 0 spiro atoms. The molecule has 0 aliphatic carbocycles. The van der Waals surface area contributed by atoms with Gasteiger partial charge in [0, 0.05) is 11.1 Å². The normalized spacial score (nSPS) is 11.5. The van der Waals surface area contributed by atoms with E-state index in [9.17, 15) is 12.8 Å². The highest BCUT2D eigenvalue weighted by atomic mass is 32.2. The molecule has 0 aliphatic heterocycles. The fourth-order valence-electron chi connectivity index (χ4n) is 2.47. The van der Waals surface area contributed by atoms with Gasteiger partial charge >= 0.3 is 0 Å². The zero-order valence-corrected chi connectivity index (χ0v) is 13.5. The second-order valence-electron chi connectivity index (χ2n) is 5.05. The number of hydrogen-bond acceptors (Lipinski definition) is 4. The molecule has 8 heteroatoms. The quantitative estimate of drug-likeness (QED) is 0.758. The molecule has 0 amide bonds. The lowest BCUT2D eigenvalue weighted by Gasteiger charge is -2.09. The van der Waals surface area contributed by atoms with Gasteiger partial charge in [-0.25, -0.2) is 17.9 Å². The van der Waals surface area contributed by atoms with Crippen LogP contribution < -0.4 is 9.88 Å². The van der Waals surface area contributed by atoms with Gasteiger partial charge in [0.15, 0.2) is 11.6 Å². The van der Waals surface area contributed by atoms with Crippen molar-refractivity contribution in [3.63, 3.8) is 0 Å². The van der Waals surface area contributed by atoms with Crippen molar-refractivity contribution in [3.8, 4) is 28.1 Å². The number of sulfonamides is 1. The van der Waals surface area contributed by atoms with Crippen LogP contribution >= 0.6 is 0 Å². The minimum Gasteiger partial charge on any atom is -0.494 e. The molecule has 0 radical (unpaired) electrons. The Morgan fingerprint density at radius 2 is 1.92 bits per heavy atom. The molecule has 0 atom stereocenters. The van der Waals surface area contributed by atoms with E-state index >= 15 is 0 Å². The van der Waals surface area contributed by atoms with E-state index in [1.807, 2.05) is 0 Å². The largest absolute Gasteiger partial charge is 0.494 e. The minimum atomic E-state index is -3.92. The van der Waals surface area contributed by atoms with Crippen LogP contribution in [-0.4, -0.2) is 25.7 Å². The van der Waals surface area contributed by atoms with Crippen LogP contribution in [0.4, 0.5) is 4.39 Å². The third kappa shape index (κ3) is 2.89. The molecule has 6 nitrogen and oxygen atoms in total. The maximum Gasteiger partial charge on any atom is 0.238 e. The van der Waals surface area contributed by atoms with Crippen molar-refractivity contribution in [1.82, 2.24) is 10.2 Å². The Morgan fingerprint density at radius 1 is 1.17 bits per heavy atom. The van der Waals surface area contributed by atoms with Crippen molar-refractivity contribution in [2.45, 2.75) is 4.90 Å². The van der Waals surface area contributed by atoms with Gasteiger partial charge < -0.3 is 4.74 Å². The third-order valence-corrected chi connectivity index (χ3v) is 4.53. The highest BCUT2D eigenvalue weighted by molar-refractivity contribution is 7.89. The number of ether oxygens (including phenoxy) is 1. The fraction of sp³-hybridized carbons (Fsp3) is 0.0625. The molecule has 0 aliphatic rings. The second kappa shape index (κ2) is 6.06. The van der Waals surface area contributed by atoms with Crippen LogP contribution in [0.5, 0.6) is 5.75 Å². The van der Waals surface area contributed by atoms with Crippen LogP contribution in [0.1, 0.15) is 0 Å². The topological polar surface area (TPSA) is 98.1 Å². The summed E-state index contributed by atoms with van der Waals surface area (Å²) in [5, 5.41) is 12.0. The summed E-state index contributed by atoms with van der Waals surface area (Å²) in [6, 6.07) is 10.7. The molecule has 1 aromatic heterocycles. The maximum atomic E-state index is 14.0. The molecular formula is C16H14FN3O3S. The molecule has 2 aromatic carbocycles. The molecular weight excluding hydrogens is 333 g/mol. The molecule has 3 rings (SSSR count). The second-order valence-corrected chi connectivity index (χ2v) is 6.58. The average molecular weight is 347 g/mol. The highest BCUT2D eigenvalue weighted by Crippen LogP contribution is 2.34. The number of nitrogens with two attached hydrogens (primary N) is 1. The van der Waals surface area contributed by atoms with Crippen LogP contribution in [-0.2, 0) is 10.0 Å².